The van der Waals surface area contributed by atoms with E-state index in [9.17, 15) is 8.42 Å². The van der Waals surface area contributed by atoms with E-state index in [1.807, 2.05) is 24.4 Å². The minimum Gasteiger partial charge on any atom is -0.361 e. The summed E-state index contributed by atoms with van der Waals surface area (Å²) in [5.41, 5.74) is 2.27. The Morgan fingerprint density at radius 2 is 2.24 bits per heavy atom. The van der Waals surface area contributed by atoms with Gasteiger partial charge < -0.3 is 10.3 Å². The lowest BCUT2D eigenvalue weighted by Crippen LogP contribution is -2.40. The van der Waals surface area contributed by atoms with E-state index in [1.165, 1.54) is 10.9 Å². The second-order valence-electron chi connectivity index (χ2n) is 5.66. The first-order valence-electron chi connectivity index (χ1n) is 7.23. The van der Waals surface area contributed by atoms with Gasteiger partial charge in [0.2, 0.25) is 0 Å². The highest BCUT2D eigenvalue weighted by molar-refractivity contribution is 7.91. The van der Waals surface area contributed by atoms with Gasteiger partial charge in [0, 0.05) is 28.2 Å². The number of sulfone groups is 1. The largest absolute Gasteiger partial charge is 0.361 e. The minimum absolute atomic E-state index is 0.100. The normalized spacial score (nSPS) is 21.7. The van der Waals surface area contributed by atoms with Crippen molar-refractivity contribution in [2.24, 2.45) is 0 Å². The number of nitrogens with one attached hydrogen (secondary N) is 2. The summed E-state index contributed by atoms with van der Waals surface area (Å²) in [4.78, 5) is 3.22. The van der Waals surface area contributed by atoms with Gasteiger partial charge in [-0.15, -0.1) is 0 Å². The molecular formula is C15H19ClN2O2S. The van der Waals surface area contributed by atoms with Crippen molar-refractivity contribution in [2.75, 3.05) is 18.1 Å². The van der Waals surface area contributed by atoms with Crippen LogP contribution in [0.15, 0.2) is 24.4 Å². The molecule has 1 atom stereocenters. The maximum Gasteiger partial charge on any atom is 0.151 e. The smallest absolute Gasteiger partial charge is 0.151 e. The predicted octanol–water partition coefficient (Wildman–Crippen LogP) is 2.53. The van der Waals surface area contributed by atoms with E-state index >= 15 is 0 Å². The molecule has 0 unspecified atom stereocenters. The fraction of sp³-hybridized carbons (Fsp3) is 0.467. The van der Waals surface area contributed by atoms with E-state index in [4.69, 9.17) is 11.6 Å². The maximum atomic E-state index is 11.6. The van der Waals surface area contributed by atoms with Gasteiger partial charge in [-0.25, -0.2) is 8.42 Å². The number of rotatable bonds is 4. The molecule has 0 saturated carbocycles. The van der Waals surface area contributed by atoms with Gasteiger partial charge in [0.1, 0.15) is 0 Å². The summed E-state index contributed by atoms with van der Waals surface area (Å²) < 4.78 is 23.2. The van der Waals surface area contributed by atoms with Gasteiger partial charge in [-0.3, -0.25) is 0 Å². The van der Waals surface area contributed by atoms with E-state index in [0.29, 0.717) is 5.75 Å². The van der Waals surface area contributed by atoms with Crippen molar-refractivity contribution in [1.82, 2.24) is 10.3 Å². The Hall–Kier alpha value is -1.04. The van der Waals surface area contributed by atoms with Gasteiger partial charge in [-0.05, 0) is 43.5 Å². The number of halogens is 1. The third-order valence-corrected chi connectivity index (χ3v) is 6.08. The number of aromatic amines is 1. The molecule has 0 spiro atoms. The summed E-state index contributed by atoms with van der Waals surface area (Å²) in [5, 5.41) is 5.27. The van der Waals surface area contributed by atoms with Crippen LogP contribution in [0, 0.1) is 0 Å². The van der Waals surface area contributed by atoms with Gasteiger partial charge >= 0.3 is 0 Å². The van der Waals surface area contributed by atoms with Crippen LogP contribution in [0.25, 0.3) is 10.9 Å². The van der Waals surface area contributed by atoms with Crippen LogP contribution in [-0.4, -0.2) is 37.5 Å². The summed E-state index contributed by atoms with van der Waals surface area (Å²) in [6.07, 6.45) is 4.59. The lowest BCUT2D eigenvalue weighted by molar-refractivity contribution is 0.483. The molecule has 1 aromatic heterocycles. The first-order valence-corrected chi connectivity index (χ1v) is 9.43. The SMILES string of the molecule is O=S1(=O)CCC[C@@H](NCCc2c[nH]c3cc(Cl)ccc23)C1. The second-order valence-corrected chi connectivity index (χ2v) is 8.33. The molecular weight excluding hydrogens is 308 g/mol. The molecule has 1 aliphatic rings. The molecule has 0 bridgehead atoms. The Kier molecular flexibility index (Phi) is 4.24. The molecule has 2 heterocycles. The van der Waals surface area contributed by atoms with Gasteiger partial charge in [-0.1, -0.05) is 17.7 Å². The summed E-state index contributed by atoms with van der Waals surface area (Å²) in [6, 6.07) is 5.93. The number of H-pyrrole nitrogens is 1. The van der Waals surface area contributed by atoms with Crippen LogP contribution in [0.3, 0.4) is 0 Å². The molecule has 21 heavy (non-hydrogen) atoms. The Labute approximate surface area is 129 Å². The van der Waals surface area contributed by atoms with Crippen LogP contribution in [-0.2, 0) is 16.3 Å². The van der Waals surface area contributed by atoms with Crippen molar-refractivity contribution in [3.05, 3.63) is 35.0 Å². The molecule has 1 aromatic carbocycles. The third kappa shape index (κ3) is 3.59. The molecule has 2 aromatic rings. The van der Waals surface area contributed by atoms with E-state index in [2.05, 4.69) is 10.3 Å². The number of benzene rings is 1. The van der Waals surface area contributed by atoms with Crippen LogP contribution in [0.4, 0.5) is 0 Å². The van der Waals surface area contributed by atoms with Crippen LogP contribution >= 0.6 is 11.6 Å². The zero-order valence-corrected chi connectivity index (χ0v) is 13.3. The molecule has 0 aliphatic carbocycles. The van der Waals surface area contributed by atoms with Crippen LogP contribution < -0.4 is 5.32 Å². The monoisotopic (exact) mass is 326 g/mol. The Balaban J connectivity index is 1.59. The summed E-state index contributed by atoms with van der Waals surface area (Å²) in [7, 11) is -2.84. The van der Waals surface area contributed by atoms with Crippen LogP contribution in [0.1, 0.15) is 18.4 Å². The molecule has 1 fully saturated rings. The predicted molar refractivity (Wildman–Crippen MR) is 86.7 cm³/mol. The van der Waals surface area contributed by atoms with Gasteiger partial charge in [-0.2, -0.15) is 0 Å². The summed E-state index contributed by atoms with van der Waals surface area (Å²) >= 11 is 5.97. The highest BCUT2D eigenvalue weighted by atomic mass is 35.5. The molecule has 3 rings (SSSR count). The number of hydrogen-bond donors (Lipinski definition) is 2. The van der Waals surface area contributed by atoms with Crippen LogP contribution in [0.2, 0.25) is 5.02 Å². The molecule has 6 heteroatoms. The summed E-state index contributed by atoms with van der Waals surface area (Å²) in [6.45, 7) is 0.787. The number of hydrogen-bond acceptors (Lipinski definition) is 3. The Bertz CT molecular complexity index is 739. The molecule has 0 amide bonds. The fourth-order valence-electron chi connectivity index (χ4n) is 2.96. The first kappa shape index (κ1) is 14.9. The molecule has 4 nitrogen and oxygen atoms in total. The average molecular weight is 327 g/mol. The quantitative estimate of drug-likeness (QED) is 0.907. The Morgan fingerprint density at radius 1 is 1.38 bits per heavy atom. The third-order valence-electron chi connectivity index (χ3n) is 4.02. The highest BCUT2D eigenvalue weighted by Gasteiger charge is 2.23. The average Bonchev–Trinajstić information content (AvgIpc) is 2.80. The van der Waals surface area contributed by atoms with E-state index < -0.39 is 9.84 Å². The van der Waals surface area contributed by atoms with Gasteiger partial charge in [0.05, 0.1) is 11.5 Å². The minimum atomic E-state index is -2.84. The van der Waals surface area contributed by atoms with Crippen molar-refractivity contribution >= 4 is 32.3 Å². The maximum absolute atomic E-state index is 11.6. The number of fused-ring (bicyclic) bond motifs is 1. The van der Waals surface area contributed by atoms with Gasteiger partial charge in [0.25, 0.3) is 0 Å². The topological polar surface area (TPSA) is 62.0 Å². The highest BCUT2D eigenvalue weighted by Crippen LogP contribution is 2.22. The zero-order chi connectivity index (χ0) is 14.9. The first-order chi connectivity index (χ1) is 10.0. The van der Waals surface area contributed by atoms with Crippen molar-refractivity contribution in [3.63, 3.8) is 0 Å². The standard InChI is InChI=1S/C15H19ClN2O2S/c16-12-3-4-14-11(9-18-15(14)8-12)5-6-17-13-2-1-7-21(19,20)10-13/h3-4,8-9,13,17-18H,1-2,5-7,10H2/t13-/m1/s1. The van der Waals surface area contributed by atoms with Crippen molar-refractivity contribution in [1.29, 1.82) is 0 Å². The Morgan fingerprint density at radius 3 is 3.05 bits per heavy atom. The van der Waals surface area contributed by atoms with Crippen molar-refractivity contribution in [2.45, 2.75) is 25.3 Å². The number of aromatic nitrogens is 1. The second kappa shape index (κ2) is 5.99. The van der Waals surface area contributed by atoms with Crippen molar-refractivity contribution in [3.8, 4) is 0 Å². The molecule has 1 saturated heterocycles. The lowest BCUT2D eigenvalue weighted by atomic mass is 10.1. The van der Waals surface area contributed by atoms with E-state index in [1.54, 1.807) is 0 Å². The van der Waals surface area contributed by atoms with E-state index in [0.717, 1.165) is 36.3 Å². The van der Waals surface area contributed by atoms with Crippen molar-refractivity contribution < 1.29 is 8.42 Å². The molecule has 2 N–H and O–H groups in total. The van der Waals surface area contributed by atoms with Gasteiger partial charge in [0.15, 0.2) is 9.84 Å². The fourth-order valence-corrected chi connectivity index (χ4v) is 4.80. The molecule has 1 aliphatic heterocycles. The molecule has 114 valence electrons. The zero-order valence-electron chi connectivity index (χ0n) is 11.7. The molecule has 0 radical (unpaired) electrons. The summed E-state index contributed by atoms with van der Waals surface area (Å²) in [5.74, 6) is 0.616. The lowest BCUT2D eigenvalue weighted by Gasteiger charge is -2.23. The van der Waals surface area contributed by atoms with Crippen LogP contribution in [0.5, 0.6) is 0 Å². The van der Waals surface area contributed by atoms with E-state index in [-0.39, 0.29) is 11.8 Å².